The summed E-state index contributed by atoms with van der Waals surface area (Å²) in [6, 6.07) is 8.00. The number of methoxy groups -OCH3 is 1. The highest BCUT2D eigenvalue weighted by molar-refractivity contribution is 5.96. The molecule has 6 rings (SSSR count). The molecule has 0 spiro atoms. The minimum atomic E-state index is -0.532. The van der Waals surface area contributed by atoms with Crippen LogP contribution in [0, 0.1) is 6.92 Å². The molecule has 14 nitrogen and oxygen atoms in total. The number of rotatable bonds is 6. The zero-order valence-corrected chi connectivity index (χ0v) is 25.1. The van der Waals surface area contributed by atoms with Crippen molar-refractivity contribution in [2.45, 2.75) is 33.3 Å². The molecule has 1 aliphatic rings. The van der Waals surface area contributed by atoms with Gasteiger partial charge in [-0.2, -0.15) is 10.3 Å². The molecule has 3 aromatic heterocycles. The van der Waals surface area contributed by atoms with Crippen LogP contribution >= 0.6 is 0 Å². The van der Waals surface area contributed by atoms with E-state index in [0.29, 0.717) is 60.4 Å². The van der Waals surface area contributed by atoms with Gasteiger partial charge in [-0.3, -0.25) is 4.68 Å². The molecule has 0 bridgehead atoms. The van der Waals surface area contributed by atoms with E-state index in [2.05, 4.69) is 30.6 Å². The number of H-pyrrole nitrogens is 1. The van der Waals surface area contributed by atoms with Crippen LogP contribution in [0.25, 0.3) is 44.7 Å². The average molecular weight is 587 g/mol. The third-order valence-corrected chi connectivity index (χ3v) is 7.19. The van der Waals surface area contributed by atoms with Crippen LogP contribution in [-0.2, 0) is 16.5 Å². The Morgan fingerprint density at radius 3 is 2.56 bits per heavy atom. The predicted molar refractivity (Wildman–Crippen MR) is 160 cm³/mol. The molecule has 0 saturated carbocycles. The zero-order chi connectivity index (χ0) is 30.3. The Morgan fingerprint density at radius 1 is 1.07 bits per heavy atom. The van der Waals surface area contributed by atoms with Crippen LogP contribution < -0.4 is 9.64 Å². The van der Waals surface area contributed by atoms with Crippen molar-refractivity contribution in [3.05, 3.63) is 36.0 Å². The van der Waals surface area contributed by atoms with Gasteiger partial charge in [-0.15, -0.1) is 10.2 Å². The van der Waals surface area contributed by atoms with E-state index in [1.54, 1.807) is 16.7 Å². The number of carbonyl (C=O) groups is 1. The monoisotopic (exact) mass is 586 g/mol. The fraction of sp³-hybridized carbons (Fsp3) is 0.414. The Morgan fingerprint density at radius 2 is 1.86 bits per heavy atom. The van der Waals surface area contributed by atoms with Crippen molar-refractivity contribution in [3.63, 3.8) is 0 Å². The lowest BCUT2D eigenvalue weighted by atomic mass is 10.0. The first-order chi connectivity index (χ1) is 20.6. The first-order valence-corrected chi connectivity index (χ1v) is 14.0. The highest BCUT2D eigenvalue weighted by Crippen LogP contribution is 2.38. The Bertz CT molecular complexity index is 1790. The first-order valence-electron chi connectivity index (χ1n) is 14.0. The van der Waals surface area contributed by atoms with Crippen molar-refractivity contribution in [2.24, 2.45) is 7.05 Å². The minimum absolute atomic E-state index is 0.0576. The Hall–Kier alpha value is -4.85. The number of carbonyl (C=O) groups excluding carboxylic acids is 1. The number of anilines is 1. The highest BCUT2D eigenvalue weighted by atomic mass is 16.7. The number of nitrogens with one attached hydrogen (secondary N) is 1. The summed E-state index contributed by atoms with van der Waals surface area (Å²) < 4.78 is 18.6. The van der Waals surface area contributed by atoms with Gasteiger partial charge in [0.1, 0.15) is 17.0 Å². The molecule has 43 heavy (non-hydrogen) atoms. The third kappa shape index (κ3) is 5.65. The van der Waals surface area contributed by atoms with Crippen molar-refractivity contribution in [2.75, 3.05) is 45.0 Å². The summed E-state index contributed by atoms with van der Waals surface area (Å²) in [5.74, 6) is 1.39. The molecule has 224 valence electrons. The van der Waals surface area contributed by atoms with Gasteiger partial charge in [0.25, 0.3) is 0 Å². The Labute approximate surface area is 247 Å². The molecule has 1 amide bonds. The van der Waals surface area contributed by atoms with E-state index in [9.17, 15) is 4.79 Å². The number of hydrogen-bond acceptors (Lipinski definition) is 11. The fourth-order valence-electron chi connectivity index (χ4n) is 5.24. The molecule has 2 aromatic carbocycles. The van der Waals surface area contributed by atoms with Crippen molar-refractivity contribution in [3.8, 4) is 28.7 Å². The molecule has 0 aliphatic carbocycles. The largest absolute Gasteiger partial charge is 0.466 e. The van der Waals surface area contributed by atoms with E-state index < -0.39 is 5.60 Å². The molecule has 1 saturated heterocycles. The molecule has 4 heterocycles. The van der Waals surface area contributed by atoms with Crippen molar-refractivity contribution < 1.29 is 19.0 Å². The van der Waals surface area contributed by atoms with Gasteiger partial charge < -0.3 is 24.0 Å². The van der Waals surface area contributed by atoms with E-state index in [4.69, 9.17) is 24.2 Å². The maximum Gasteiger partial charge on any atom is 0.410 e. The maximum atomic E-state index is 12.6. The number of nitrogens with zero attached hydrogens (tertiary/aromatic N) is 9. The van der Waals surface area contributed by atoms with Crippen LogP contribution in [0.4, 0.5) is 10.5 Å². The van der Waals surface area contributed by atoms with Crippen LogP contribution in [0.5, 0.6) is 5.75 Å². The summed E-state index contributed by atoms with van der Waals surface area (Å²) in [5, 5.41) is 21.1. The lowest BCUT2D eigenvalue weighted by Gasteiger charge is -2.36. The van der Waals surface area contributed by atoms with Gasteiger partial charge in [0.2, 0.25) is 5.82 Å². The second kappa shape index (κ2) is 11.1. The van der Waals surface area contributed by atoms with E-state index in [1.165, 1.54) is 0 Å². The molecular formula is C29H34N10O4. The standard InChI is InChI=1S/C29H34N10O4/c1-17-23-18(15-37(5)34-23)13-21(25(17)42-16-41-6)26-30-22-8-7-19(14-20(22)24(31-26)27-32-35-36-33-27)38-9-11-39(12-10-38)28(40)43-29(2,3)4/h7-8,13-15H,9-12,16H2,1-6H3,(H,32,33,35,36). The number of aromatic amines is 1. The first kappa shape index (κ1) is 28.3. The number of aromatic nitrogens is 8. The number of piperazine rings is 1. The van der Waals surface area contributed by atoms with E-state index in [0.717, 1.165) is 27.5 Å². The second-order valence-electron chi connectivity index (χ2n) is 11.5. The summed E-state index contributed by atoms with van der Waals surface area (Å²) in [6.07, 6.45) is 1.65. The highest BCUT2D eigenvalue weighted by Gasteiger charge is 2.27. The second-order valence-corrected chi connectivity index (χ2v) is 11.5. The van der Waals surface area contributed by atoms with Crippen LogP contribution in [0.15, 0.2) is 30.5 Å². The quantitative estimate of drug-likeness (QED) is 0.290. The smallest absolute Gasteiger partial charge is 0.410 e. The molecular weight excluding hydrogens is 552 g/mol. The van der Waals surface area contributed by atoms with Crippen LogP contribution in [-0.4, -0.2) is 97.0 Å². The number of hydrogen-bond donors (Lipinski definition) is 1. The topological polar surface area (TPSA) is 149 Å². The Kier molecular flexibility index (Phi) is 7.30. The van der Waals surface area contributed by atoms with Gasteiger partial charge in [-0.1, -0.05) is 0 Å². The molecule has 0 radical (unpaired) electrons. The summed E-state index contributed by atoms with van der Waals surface area (Å²) in [5.41, 5.74) is 4.07. The molecule has 14 heteroatoms. The van der Waals surface area contributed by atoms with Gasteiger partial charge in [0, 0.05) is 68.6 Å². The SMILES string of the molecule is COCOc1c(-c2nc(-c3nn[nH]n3)c3cc(N4CCN(C(=O)OC(C)(C)C)CC4)ccc3n2)cc2cn(C)nc2c1C. The van der Waals surface area contributed by atoms with Gasteiger partial charge in [0.15, 0.2) is 12.6 Å². The maximum absolute atomic E-state index is 12.6. The summed E-state index contributed by atoms with van der Waals surface area (Å²) in [7, 11) is 3.45. The number of ether oxygens (including phenoxy) is 3. The van der Waals surface area contributed by atoms with Crippen molar-refractivity contribution >= 4 is 33.6 Å². The summed E-state index contributed by atoms with van der Waals surface area (Å²) in [4.78, 5) is 26.5. The number of fused-ring (bicyclic) bond motifs is 2. The average Bonchev–Trinajstić information content (AvgIpc) is 3.65. The van der Waals surface area contributed by atoms with Crippen LogP contribution in [0.2, 0.25) is 0 Å². The van der Waals surface area contributed by atoms with Gasteiger partial charge in [0.05, 0.1) is 16.6 Å². The molecule has 0 atom stereocenters. The van der Waals surface area contributed by atoms with E-state index >= 15 is 0 Å². The number of benzene rings is 2. The Balaban J connectivity index is 1.39. The number of aryl methyl sites for hydroxylation is 2. The van der Waals surface area contributed by atoms with Crippen molar-refractivity contribution in [1.29, 1.82) is 0 Å². The van der Waals surface area contributed by atoms with Crippen LogP contribution in [0.1, 0.15) is 26.3 Å². The number of tetrazole rings is 1. The normalized spacial score (nSPS) is 14.1. The predicted octanol–water partition coefficient (Wildman–Crippen LogP) is 3.71. The molecule has 1 aliphatic heterocycles. The molecule has 1 fully saturated rings. The third-order valence-electron chi connectivity index (χ3n) is 7.19. The zero-order valence-electron chi connectivity index (χ0n) is 25.1. The molecule has 1 N–H and O–H groups in total. The van der Waals surface area contributed by atoms with E-state index in [-0.39, 0.29) is 12.9 Å². The molecule has 0 unspecified atom stereocenters. The van der Waals surface area contributed by atoms with Gasteiger partial charge in [-0.25, -0.2) is 14.8 Å². The van der Waals surface area contributed by atoms with Gasteiger partial charge >= 0.3 is 6.09 Å². The minimum Gasteiger partial charge on any atom is -0.466 e. The lowest BCUT2D eigenvalue weighted by Crippen LogP contribution is -2.50. The lowest BCUT2D eigenvalue weighted by molar-refractivity contribution is 0.0240. The van der Waals surface area contributed by atoms with Gasteiger partial charge in [-0.05, 0) is 57.2 Å². The fourth-order valence-corrected chi connectivity index (χ4v) is 5.24. The summed E-state index contributed by atoms with van der Waals surface area (Å²) in [6.45, 7) is 10.1. The molecule has 5 aromatic rings. The summed E-state index contributed by atoms with van der Waals surface area (Å²) >= 11 is 0. The van der Waals surface area contributed by atoms with E-state index in [1.807, 2.05) is 65.2 Å². The van der Waals surface area contributed by atoms with Crippen LogP contribution in [0.3, 0.4) is 0 Å². The van der Waals surface area contributed by atoms with Crippen molar-refractivity contribution in [1.82, 2.24) is 45.3 Å². The number of amides is 1.